The Bertz CT molecular complexity index is 601. The lowest BCUT2D eigenvalue weighted by Crippen LogP contribution is -2.43. The Labute approximate surface area is 128 Å². The Hall–Kier alpha value is -1.46. The molecule has 1 aromatic heterocycles. The maximum atomic E-state index is 9.42. The lowest BCUT2D eigenvalue weighted by atomic mass is 9.92. The van der Waals surface area contributed by atoms with Gasteiger partial charge in [-0.3, -0.25) is 0 Å². The fourth-order valence-corrected chi connectivity index (χ4v) is 4.76. The summed E-state index contributed by atoms with van der Waals surface area (Å²) in [6.07, 6.45) is 4.63. The molecule has 1 unspecified atom stereocenters. The fourth-order valence-electron chi connectivity index (χ4n) is 3.77. The van der Waals surface area contributed by atoms with Gasteiger partial charge >= 0.3 is 0 Å². The molecule has 0 saturated carbocycles. The Kier molecular flexibility index (Phi) is 3.39. The first-order chi connectivity index (χ1) is 10.3. The number of piperidine rings is 1. The Morgan fingerprint density at radius 1 is 1.10 bits per heavy atom. The van der Waals surface area contributed by atoms with Gasteiger partial charge in [0.2, 0.25) is 5.13 Å². The highest BCUT2D eigenvalue weighted by Crippen LogP contribution is 2.43. The summed E-state index contributed by atoms with van der Waals surface area (Å²) in [4.78, 5) is 2.47. The molecule has 0 aliphatic carbocycles. The first-order valence-corrected chi connectivity index (χ1v) is 8.45. The monoisotopic (exact) mass is 301 g/mol. The molecule has 2 fully saturated rings. The smallest absolute Gasteiger partial charge is 0.209 e. The van der Waals surface area contributed by atoms with Crippen LogP contribution < -0.4 is 4.90 Å². The van der Waals surface area contributed by atoms with E-state index >= 15 is 0 Å². The van der Waals surface area contributed by atoms with E-state index in [-0.39, 0.29) is 0 Å². The summed E-state index contributed by atoms with van der Waals surface area (Å²) < 4.78 is 0. The van der Waals surface area contributed by atoms with Crippen molar-refractivity contribution in [3.05, 3.63) is 30.3 Å². The molecule has 4 rings (SSSR count). The molecule has 2 saturated heterocycles. The van der Waals surface area contributed by atoms with Gasteiger partial charge in [0.25, 0.3) is 0 Å². The molecule has 2 aromatic rings. The lowest BCUT2D eigenvalue weighted by Gasteiger charge is -2.37. The summed E-state index contributed by atoms with van der Waals surface area (Å²) in [5, 5.41) is 20.3. The van der Waals surface area contributed by atoms with Crippen molar-refractivity contribution in [3.8, 4) is 10.6 Å². The predicted octanol–water partition coefficient (Wildman–Crippen LogP) is 2.94. The Morgan fingerprint density at radius 2 is 1.81 bits per heavy atom. The van der Waals surface area contributed by atoms with Gasteiger partial charge in [0.1, 0.15) is 5.01 Å². The molecule has 2 bridgehead atoms. The molecule has 0 spiro atoms. The van der Waals surface area contributed by atoms with Crippen LogP contribution in [0.25, 0.3) is 10.6 Å². The molecule has 3 heterocycles. The summed E-state index contributed by atoms with van der Waals surface area (Å²) >= 11 is 1.69. The van der Waals surface area contributed by atoms with Crippen LogP contribution in [-0.2, 0) is 0 Å². The van der Waals surface area contributed by atoms with Crippen molar-refractivity contribution in [2.24, 2.45) is 5.92 Å². The van der Waals surface area contributed by atoms with Crippen molar-refractivity contribution < 1.29 is 5.11 Å². The van der Waals surface area contributed by atoms with Crippen molar-refractivity contribution in [1.82, 2.24) is 10.2 Å². The minimum atomic E-state index is 0.326. The Balaban J connectivity index is 1.59. The second kappa shape index (κ2) is 5.39. The highest BCUT2D eigenvalue weighted by Gasteiger charge is 2.41. The lowest BCUT2D eigenvalue weighted by molar-refractivity contribution is 0.186. The van der Waals surface area contributed by atoms with E-state index in [2.05, 4.69) is 27.2 Å². The largest absolute Gasteiger partial charge is 0.396 e. The van der Waals surface area contributed by atoms with Gasteiger partial charge in [-0.25, -0.2) is 0 Å². The van der Waals surface area contributed by atoms with Crippen molar-refractivity contribution in [3.63, 3.8) is 0 Å². The number of aliphatic hydroxyl groups is 1. The minimum Gasteiger partial charge on any atom is -0.396 e. The highest BCUT2D eigenvalue weighted by molar-refractivity contribution is 7.18. The number of aliphatic hydroxyl groups excluding tert-OH is 1. The molecule has 3 atom stereocenters. The first kappa shape index (κ1) is 13.2. The number of hydrogen-bond acceptors (Lipinski definition) is 5. The van der Waals surface area contributed by atoms with Crippen LogP contribution in [0.15, 0.2) is 30.3 Å². The Morgan fingerprint density at radius 3 is 2.48 bits per heavy atom. The molecular weight excluding hydrogens is 282 g/mol. The van der Waals surface area contributed by atoms with Gasteiger partial charge < -0.3 is 10.0 Å². The van der Waals surface area contributed by atoms with Gasteiger partial charge in [-0.1, -0.05) is 41.7 Å². The average Bonchev–Trinajstić information content (AvgIpc) is 3.10. The zero-order chi connectivity index (χ0) is 14.2. The summed E-state index contributed by atoms with van der Waals surface area (Å²) in [5.74, 6) is 0.472. The number of hydrogen-bond donors (Lipinski definition) is 1. The van der Waals surface area contributed by atoms with E-state index in [4.69, 9.17) is 0 Å². The van der Waals surface area contributed by atoms with E-state index in [9.17, 15) is 5.11 Å². The van der Waals surface area contributed by atoms with E-state index < -0.39 is 0 Å². The van der Waals surface area contributed by atoms with Gasteiger partial charge in [0.05, 0.1) is 0 Å². The number of nitrogens with zero attached hydrogens (tertiary/aromatic N) is 3. The number of benzene rings is 1. The molecule has 21 heavy (non-hydrogen) atoms. The van der Waals surface area contributed by atoms with Gasteiger partial charge in [-0.15, -0.1) is 10.2 Å². The second-order valence-electron chi connectivity index (χ2n) is 6.07. The van der Waals surface area contributed by atoms with Crippen LogP contribution in [0.5, 0.6) is 0 Å². The van der Waals surface area contributed by atoms with Gasteiger partial charge in [-0.05, 0) is 31.6 Å². The molecule has 1 N–H and O–H groups in total. The van der Waals surface area contributed by atoms with Crippen LogP contribution in [0.4, 0.5) is 5.13 Å². The van der Waals surface area contributed by atoms with E-state index in [1.54, 1.807) is 11.3 Å². The zero-order valence-corrected chi connectivity index (χ0v) is 12.7. The fraction of sp³-hybridized carbons (Fsp3) is 0.500. The van der Waals surface area contributed by atoms with Crippen LogP contribution in [-0.4, -0.2) is 34.0 Å². The van der Waals surface area contributed by atoms with Gasteiger partial charge in [-0.2, -0.15) is 0 Å². The van der Waals surface area contributed by atoms with Gasteiger partial charge in [0, 0.05) is 24.3 Å². The summed E-state index contributed by atoms with van der Waals surface area (Å²) in [6, 6.07) is 11.3. The van der Waals surface area contributed by atoms with Crippen LogP contribution in [0.1, 0.15) is 25.7 Å². The number of anilines is 1. The average molecular weight is 301 g/mol. The molecule has 1 aromatic carbocycles. The molecular formula is C16H19N3OS. The molecule has 2 aliphatic heterocycles. The zero-order valence-electron chi connectivity index (χ0n) is 11.9. The van der Waals surface area contributed by atoms with Crippen molar-refractivity contribution in [2.75, 3.05) is 11.5 Å². The van der Waals surface area contributed by atoms with Crippen molar-refractivity contribution >= 4 is 16.5 Å². The predicted molar refractivity (Wildman–Crippen MR) is 84.4 cm³/mol. The van der Waals surface area contributed by atoms with E-state index in [0.29, 0.717) is 24.6 Å². The molecule has 4 nitrogen and oxygen atoms in total. The van der Waals surface area contributed by atoms with Crippen LogP contribution in [0.3, 0.4) is 0 Å². The normalized spacial score (nSPS) is 28.0. The quantitative estimate of drug-likeness (QED) is 0.947. The third kappa shape index (κ3) is 2.34. The van der Waals surface area contributed by atoms with Crippen molar-refractivity contribution in [2.45, 2.75) is 37.8 Å². The third-order valence-corrected chi connectivity index (χ3v) is 5.73. The molecule has 0 amide bonds. The van der Waals surface area contributed by atoms with E-state index in [0.717, 1.165) is 28.5 Å². The SMILES string of the molecule is OCC1C[C@H]2CC[C@@H](C1)N2c1nnc(-c2ccccc2)s1. The summed E-state index contributed by atoms with van der Waals surface area (Å²) in [7, 11) is 0. The summed E-state index contributed by atoms with van der Waals surface area (Å²) in [6.45, 7) is 0.326. The highest BCUT2D eigenvalue weighted by atomic mass is 32.1. The van der Waals surface area contributed by atoms with Crippen LogP contribution >= 0.6 is 11.3 Å². The van der Waals surface area contributed by atoms with Crippen molar-refractivity contribution in [1.29, 1.82) is 0 Å². The maximum Gasteiger partial charge on any atom is 0.209 e. The number of rotatable bonds is 3. The number of fused-ring (bicyclic) bond motifs is 2. The van der Waals surface area contributed by atoms with Crippen LogP contribution in [0.2, 0.25) is 0 Å². The minimum absolute atomic E-state index is 0.326. The third-order valence-electron chi connectivity index (χ3n) is 4.74. The first-order valence-electron chi connectivity index (χ1n) is 7.63. The van der Waals surface area contributed by atoms with Gasteiger partial charge in [0.15, 0.2) is 0 Å². The molecule has 0 radical (unpaired) electrons. The second-order valence-corrected chi connectivity index (χ2v) is 7.02. The molecule has 5 heteroatoms. The maximum absolute atomic E-state index is 9.42. The molecule has 110 valence electrons. The standard InChI is InChI=1S/C16H19N3OS/c20-10-11-8-13-6-7-14(9-11)19(13)16-18-17-15(21-16)12-4-2-1-3-5-12/h1-5,11,13-14,20H,6-10H2/t11?,13-,14+. The summed E-state index contributed by atoms with van der Waals surface area (Å²) in [5.41, 5.74) is 1.14. The van der Waals surface area contributed by atoms with E-state index in [1.807, 2.05) is 18.2 Å². The topological polar surface area (TPSA) is 49.2 Å². The number of aromatic nitrogens is 2. The van der Waals surface area contributed by atoms with Crippen LogP contribution in [0, 0.1) is 5.92 Å². The molecule has 2 aliphatic rings. The van der Waals surface area contributed by atoms with E-state index in [1.165, 1.54) is 12.8 Å².